The van der Waals surface area contributed by atoms with E-state index in [-0.39, 0.29) is 12.5 Å². The highest BCUT2D eigenvalue weighted by molar-refractivity contribution is 5.92. The van der Waals surface area contributed by atoms with Gasteiger partial charge in [0.05, 0.1) is 0 Å². The smallest absolute Gasteiger partial charge is 0.262 e. The minimum Gasteiger partial charge on any atom is -0.483 e. The summed E-state index contributed by atoms with van der Waals surface area (Å²) in [6.45, 7) is 10.3. The van der Waals surface area contributed by atoms with Gasteiger partial charge in [-0.1, -0.05) is 6.07 Å². The zero-order valence-electron chi connectivity index (χ0n) is 16.7. The lowest BCUT2D eigenvalue weighted by atomic mass is 10.1. The van der Waals surface area contributed by atoms with E-state index in [1.165, 1.54) is 11.3 Å². The number of carbonyl (C=O) groups is 1. The molecule has 0 bridgehead atoms. The molecule has 0 aliphatic carbocycles. The molecule has 1 heterocycles. The summed E-state index contributed by atoms with van der Waals surface area (Å²) in [6.07, 6.45) is 0. The molecule has 0 spiro atoms. The molecule has 0 aromatic heterocycles. The third-order valence-electron chi connectivity index (χ3n) is 5.17. The molecule has 2 aromatic carbocycles. The molecule has 0 atom stereocenters. The quantitative estimate of drug-likeness (QED) is 0.880. The molecule has 5 nitrogen and oxygen atoms in total. The SMILES string of the molecule is Cc1cc(C)c(OCC(=O)Nc2ccc(N3CCN(C)CC3)cc2)cc1C. The second kappa shape index (κ2) is 8.44. The van der Waals surface area contributed by atoms with Gasteiger partial charge in [-0.3, -0.25) is 4.79 Å². The van der Waals surface area contributed by atoms with Crippen LogP contribution in [0.5, 0.6) is 5.75 Å². The number of likely N-dealkylation sites (N-methyl/N-ethyl adjacent to an activating group) is 1. The molecule has 144 valence electrons. The van der Waals surface area contributed by atoms with Gasteiger partial charge in [-0.2, -0.15) is 0 Å². The molecule has 27 heavy (non-hydrogen) atoms. The fourth-order valence-corrected chi connectivity index (χ4v) is 3.25. The first kappa shape index (κ1) is 19.2. The number of amides is 1. The van der Waals surface area contributed by atoms with Crippen molar-refractivity contribution < 1.29 is 9.53 Å². The summed E-state index contributed by atoms with van der Waals surface area (Å²) in [5, 5.41) is 2.90. The zero-order valence-corrected chi connectivity index (χ0v) is 16.7. The van der Waals surface area contributed by atoms with Gasteiger partial charge >= 0.3 is 0 Å². The van der Waals surface area contributed by atoms with Crippen molar-refractivity contribution in [2.75, 3.05) is 50.1 Å². The number of nitrogens with one attached hydrogen (secondary N) is 1. The van der Waals surface area contributed by atoms with Crippen molar-refractivity contribution in [2.45, 2.75) is 20.8 Å². The standard InChI is InChI=1S/C22H29N3O2/c1-16-13-18(3)21(14-17(16)2)27-15-22(26)23-19-5-7-20(8-6-19)25-11-9-24(4)10-12-25/h5-8,13-14H,9-12,15H2,1-4H3,(H,23,26). The molecule has 3 rings (SSSR count). The zero-order chi connectivity index (χ0) is 19.4. The molecule has 1 saturated heterocycles. The number of rotatable bonds is 5. The summed E-state index contributed by atoms with van der Waals surface area (Å²) >= 11 is 0. The monoisotopic (exact) mass is 367 g/mol. The number of hydrogen-bond donors (Lipinski definition) is 1. The van der Waals surface area contributed by atoms with Crippen LogP contribution < -0.4 is 15.0 Å². The molecule has 1 amide bonds. The number of nitrogens with zero attached hydrogens (tertiary/aromatic N) is 2. The molecular weight excluding hydrogens is 338 g/mol. The van der Waals surface area contributed by atoms with E-state index in [4.69, 9.17) is 4.74 Å². The van der Waals surface area contributed by atoms with Gasteiger partial charge in [0.1, 0.15) is 5.75 Å². The molecule has 0 radical (unpaired) electrons. The molecular formula is C22H29N3O2. The Kier molecular flexibility index (Phi) is 6.01. The van der Waals surface area contributed by atoms with Crippen LogP contribution in [0, 0.1) is 20.8 Å². The molecule has 1 N–H and O–H groups in total. The van der Waals surface area contributed by atoms with Gasteiger partial charge in [0.15, 0.2) is 6.61 Å². The maximum Gasteiger partial charge on any atom is 0.262 e. The maximum atomic E-state index is 12.2. The molecule has 1 fully saturated rings. The van der Waals surface area contributed by atoms with Gasteiger partial charge < -0.3 is 19.9 Å². The van der Waals surface area contributed by atoms with Gasteiger partial charge in [-0.25, -0.2) is 0 Å². The number of anilines is 2. The van der Waals surface area contributed by atoms with Crippen molar-refractivity contribution >= 4 is 17.3 Å². The highest BCUT2D eigenvalue weighted by Crippen LogP contribution is 2.23. The molecule has 2 aromatic rings. The Balaban J connectivity index is 1.53. The lowest BCUT2D eigenvalue weighted by molar-refractivity contribution is -0.118. The van der Waals surface area contributed by atoms with Crippen LogP contribution >= 0.6 is 0 Å². The second-order valence-electron chi connectivity index (χ2n) is 7.38. The highest BCUT2D eigenvalue weighted by Gasteiger charge is 2.14. The first-order valence-corrected chi connectivity index (χ1v) is 9.46. The number of ether oxygens (including phenoxy) is 1. The number of hydrogen-bond acceptors (Lipinski definition) is 4. The maximum absolute atomic E-state index is 12.2. The van der Waals surface area contributed by atoms with Crippen LogP contribution in [0.1, 0.15) is 16.7 Å². The minimum absolute atomic E-state index is 0.00352. The van der Waals surface area contributed by atoms with Gasteiger partial charge in [0.2, 0.25) is 0 Å². The number of carbonyl (C=O) groups excluding carboxylic acids is 1. The fraction of sp³-hybridized carbons (Fsp3) is 0.409. The minimum atomic E-state index is -0.153. The highest BCUT2D eigenvalue weighted by atomic mass is 16.5. The summed E-state index contributed by atoms with van der Waals surface area (Å²) in [5.74, 6) is 0.610. The van der Waals surface area contributed by atoms with Crippen LogP contribution in [0.15, 0.2) is 36.4 Å². The van der Waals surface area contributed by atoms with Crippen LogP contribution in [-0.2, 0) is 4.79 Å². The fourth-order valence-electron chi connectivity index (χ4n) is 3.25. The summed E-state index contributed by atoms with van der Waals surface area (Å²) in [5.41, 5.74) is 5.42. The van der Waals surface area contributed by atoms with Crippen molar-refractivity contribution in [3.8, 4) is 5.75 Å². The Hall–Kier alpha value is -2.53. The van der Waals surface area contributed by atoms with E-state index >= 15 is 0 Å². The average Bonchev–Trinajstić information content (AvgIpc) is 2.65. The predicted octanol–water partition coefficient (Wildman–Crippen LogP) is 3.38. The molecule has 5 heteroatoms. The van der Waals surface area contributed by atoms with Crippen molar-refractivity contribution in [1.29, 1.82) is 0 Å². The van der Waals surface area contributed by atoms with Gasteiger partial charge in [0.25, 0.3) is 5.91 Å². The van der Waals surface area contributed by atoms with Crippen LogP contribution in [-0.4, -0.2) is 50.6 Å². The lowest BCUT2D eigenvalue weighted by Crippen LogP contribution is -2.44. The third kappa shape index (κ3) is 5.01. The van der Waals surface area contributed by atoms with Gasteiger partial charge in [0, 0.05) is 37.6 Å². The second-order valence-corrected chi connectivity index (χ2v) is 7.38. The normalized spacial score (nSPS) is 14.9. The number of aryl methyl sites for hydroxylation is 3. The van der Waals surface area contributed by atoms with E-state index < -0.39 is 0 Å². The molecule has 1 aliphatic rings. The van der Waals surface area contributed by atoms with E-state index in [0.29, 0.717) is 0 Å². The first-order chi connectivity index (χ1) is 12.9. The average molecular weight is 367 g/mol. The van der Waals surface area contributed by atoms with E-state index in [9.17, 15) is 4.79 Å². The largest absolute Gasteiger partial charge is 0.483 e. The summed E-state index contributed by atoms with van der Waals surface area (Å²) in [7, 11) is 2.15. The van der Waals surface area contributed by atoms with Gasteiger partial charge in [-0.05, 0) is 74.8 Å². The van der Waals surface area contributed by atoms with Crippen molar-refractivity contribution in [3.63, 3.8) is 0 Å². The van der Waals surface area contributed by atoms with Crippen LogP contribution in [0.3, 0.4) is 0 Å². The first-order valence-electron chi connectivity index (χ1n) is 9.46. The van der Waals surface area contributed by atoms with Crippen molar-refractivity contribution in [3.05, 3.63) is 53.1 Å². The van der Waals surface area contributed by atoms with E-state index in [0.717, 1.165) is 48.7 Å². The Bertz CT molecular complexity index is 794. The van der Waals surface area contributed by atoms with Crippen LogP contribution in [0.2, 0.25) is 0 Å². The summed E-state index contributed by atoms with van der Waals surface area (Å²) < 4.78 is 5.71. The lowest BCUT2D eigenvalue weighted by Gasteiger charge is -2.34. The predicted molar refractivity (Wildman–Crippen MR) is 111 cm³/mol. The van der Waals surface area contributed by atoms with Crippen LogP contribution in [0.25, 0.3) is 0 Å². The topological polar surface area (TPSA) is 44.8 Å². The summed E-state index contributed by atoms with van der Waals surface area (Å²) in [4.78, 5) is 16.9. The molecule has 1 aliphatic heterocycles. The van der Waals surface area contributed by atoms with E-state index in [1.54, 1.807) is 0 Å². The van der Waals surface area contributed by atoms with Crippen LogP contribution in [0.4, 0.5) is 11.4 Å². The number of benzene rings is 2. The van der Waals surface area contributed by atoms with E-state index in [1.807, 2.05) is 32.0 Å². The van der Waals surface area contributed by atoms with Crippen molar-refractivity contribution in [1.82, 2.24) is 4.90 Å². The Morgan fingerprint density at radius 1 is 0.963 bits per heavy atom. The Morgan fingerprint density at radius 2 is 1.59 bits per heavy atom. The number of piperazine rings is 1. The Labute approximate surface area is 161 Å². The van der Waals surface area contributed by atoms with Gasteiger partial charge in [-0.15, -0.1) is 0 Å². The molecule has 0 unspecified atom stereocenters. The third-order valence-corrected chi connectivity index (χ3v) is 5.17. The summed E-state index contributed by atoms with van der Waals surface area (Å²) in [6, 6.07) is 12.1. The Morgan fingerprint density at radius 3 is 2.26 bits per heavy atom. The van der Waals surface area contributed by atoms with E-state index in [2.05, 4.69) is 47.3 Å². The molecule has 0 saturated carbocycles. The van der Waals surface area contributed by atoms with Crippen molar-refractivity contribution in [2.24, 2.45) is 0 Å².